The summed E-state index contributed by atoms with van der Waals surface area (Å²) in [7, 11) is 0. The Morgan fingerprint density at radius 2 is 1.59 bits per heavy atom. The number of esters is 1. The number of aromatic amines is 1. The highest BCUT2D eigenvalue weighted by molar-refractivity contribution is 6.00. The molecule has 0 saturated carbocycles. The molecule has 1 aromatic heterocycles. The van der Waals surface area contributed by atoms with Crippen LogP contribution in [0.5, 0.6) is 0 Å². The number of benzene rings is 3. The summed E-state index contributed by atoms with van der Waals surface area (Å²) in [5.74, 6) is -0.942. The van der Waals surface area contributed by atoms with Crippen molar-refractivity contribution in [1.82, 2.24) is 4.98 Å². The highest BCUT2D eigenvalue weighted by Crippen LogP contribution is 2.19. The molecule has 5 nitrogen and oxygen atoms in total. The lowest BCUT2D eigenvalue weighted by atomic mass is 10.1. The minimum Gasteiger partial charge on any atom is -0.448 e. The van der Waals surface area contributed by atoms with Crippen LogP contribution in [0.15, 0.2) is 72.8 Å². The Morgan fingerprint density at radius 3 is 2.37 bits per heavy atom. The third-order valence-corrected chi connectivity index (χ3v) is 4.42. The molecule has 4 aromatic rings. The average Bonchev–Trinajstić information content (AvgIpc) is 3.12. The third-order valence-electron chi connectivity index (χ3n) is 4.42. The summed E-state index contributed by atoms with van der Waals surface area (Å²) >= 11 is 0. The molecule has 0 aliphatic carbocycles. The van der Waals surface area contributed by atoms with Gasteiger partial charge in [-0.25, -0.2) is 4.79 Å². The molecule has 0 fully saturated rings. The molecule has 0 aliphatic rings. The Kier molecular flexibility index (Phi) is 4.34. The molecule has 0 bridgehead atoms. The second kappa shape index (κ2) is 6.96. The van der Waals surface area contributed by atoms with E-state index in [2.05, 4.69) is 10.3 Å². The van der Waals surface area contributed by atoms with Crippen molar-refractivity contribution in [3.8, 4) is 0 Å². The van der Waals surface area contributed by atoms with E-state index < -0.39 is 12.1 Å². The smallest absolute Gasteiger partial charge is 0.355 e. The third kappa shape index (κ3) is 3.53. The number of nitrogens with one attached hydrogen (secondary N) is 2. The van der Waals surface area contributed by atoms with Crippen LogP contribution < -0.4 is 5.32 Å². The predicted octanol–water partition coefficient (Wildman–Crippen LogP) is 4.51. The van der Waals surface area contributed by atoms with Crippen LogP contribution in [0, 0.1) is 0 Å². The number of carbonyl (C=O) groups is 2. The van der Waals surface area contributed by atoms with E-state index in [-0.39, 0.29) is 5.91 Å². The first-order chi connectivity index (χ1) is 13.1. The summed E-state index contributed by atoms with van der Waals surface area (Å²) in [6.07, 6.45) is -0.921. The zero-order valence-electron chi connectivity index (χ0n) is 14.7. The lowest BCUT2D eigenvalue weighted by molar-refractivity contribution is -0.123. The fourth-order valence-corrected chi connectivity index (χ4v) is 2.97. The van der Waals surface area contributed by atoms with Crippen LogP contribution in [-0.4, -0.2) is 23.0 Å². The Labute approximate surface area is 156 Å². The predicted molar refractivity (Wildman–Crippen MR) is 106 cm³/mol. The monoisotopic (exact) mass is 358 g/mol. The van der Waals surface area contributed by atoms with E-state index >= 15 is 0 Å². The maximum atomic E-state index is 12.4. The van der Waals surface area contributed by atoms with Gasteiger partial charge in [-0.3, -0.25) is 4.79 Å². The van der Waals surface area contributed by atoms with E-state index in [1.807, 2.05) is 66.7 Å². The number of hydrogen-bond acceptors (Lipinski definition) is 3. The SMILES string of the molecule is CC(OC(=O)c1cc2ccccc2[nH]1)C(=O)Nc1ccc2ccccc2c1. The molecule has 3 aromatic carbocycles. The number of aromatic nitrogens is 1. The second-order valence-corrected chi connectivity index (χ2v) is 6.37. The van der Waals surface area contributed by atoms with Gasteiger partial charge in [0, 0.05) is 16.6 Å². The number of ether oxygens (including phenoxy) is 1. The van der Waals surface area contributed by atoms with E-state index in [0.717, 1.165) is 21.7 Å². The molecule has 5 heteroatoms. The van der Waals surface area contributed by atoms with Gasteiger partial charge in [0.15, 0.2) is 6.10 Å². The summed E-state index contributed by atoms with van der Waals surface area (Å²) in [5.41, 5.74) is 1.83. The quantitative estimate of drug-likeness (QED) is 0.528. The molecule has 0 aliphatic heterocycles. The van der Waals surface area contributed by atoms with Gasteiger partial charge in [-0.2, -0.15) is 0 Å². The van der Waals surface area contributed by atoms with Crippen molar-refractivity contribution < 1.29 is 14.3 Å². The van der Waals surface area contributed by atoms with Crippen molar-refractivity contribution in [1.29, 1.82) is 0 Å². The van der Waals surface area contributed by atoms with E-state index in [9.17, 15) is 9.59 Å². The van der Waals surface area contributed by atoms with Crippen molar-refractivity contribution in [2.75, 3.05) is 5.32 Å². The van der Waals surface area contributed by atoms with E-state index in [1.54, 1.807) is 13.0 Å². The molecule has 1 heterocycles. The van der Waals surface area contributed by atoms with Gasteiger partial charge >= 0.3 is 5.97 Å². The Bertz CT molecular complexity index is 1110. The number of rotatable bonds is 4. The number of fused-ring (bicyclic) bond motifs is 2. The van der Waals surface area contributed by atoms with Crippen LogP contribution in [0.4, 0.5) is 5.69 Å². The highest BCUT2D eigenvalue weighted by Gasteiger charge is 2.20. The van der Waals surface area contributed by atoms with Gasteiger partial charge in [0.05, 0.1) is 0 Å². The molecule has 1 unspecified atom stereocenters. The average molecular weight is 358 g/mol. The molecule has 0 spiro atoms. The number of H-pyrrole nitrogens is 1. The van der Waals surface area contributed by atoms with E-state index in [4.69, 9.17) is 4.74 Å². The maximum absolute atomic E-state index is 12.4. The standard InChI is InChI=1S/C22H18N2O3/c1-14(27-22(26)20-13-17-8-4-5-9-19(17)24-20)21(25)23-18-11-10-15-6-2-3-7-16(15)12-18/h2-14,24H,1H3,(H,23,25). The second-order valence-electron chi connectivity index (χ2n) is 6.37. The highest BCUT2D eigenvalue weighted by atomic mass is 16.5. The van der Waals surface area contributed by atoms with Gasteiger partial charge in [-0.15, -0.1) is 0 Å². The van der Waals surface area contributed by atoms with Crippen molar-refractivity contribution in [2.24, 2.45) is 0 Å². The largest absolute Gasteiger partial charge is 0.448 e. The van der Waals surface area contributed by atoms with Crippen LogP contribution in [0.2, 0.25) is 0 Å². The van der Waals surface area contributed by atoms with Crippen LogP contribution >= 0.6 is 0 Å². The molecule has 1 atom stereocenters. The normalized spacial score (nSPS) is 12.0. The fourth-order valence-electron chi connectivity index (χ4n) is 2.97. The minimum atomic E-state index is -0.921. The number of anilines is 1. The first-order valence-electron chi connectivity index (χ1n) is 8.68. The first-order valence-corrected chi connectivity index (χ1v) is 8.68. The van der Waals surface area contributed by atoms with Gasteiger partial charge in [-0.05, 0) is 42.0 Å². The van der Waals surface area contributed by atoms with Crippen LogP contribution in [0.1, 0.15) is 17.4 Å². The van der Waals surface area contributed by atoms with Gasteiger partial charge < -0.3 is 15.0 Å². The van der Waals surface area contributed by atoms with Gasteiger partial charge in [0.2, 0.25) is 0 Å². The molecule has 0 radical (unpaired) electrons. The number of hydrogen-bond donors (Lipinski definition) is 2. The lowest BCUT2D eigenvalue weighted by Gasteiger charge is -2.13. The maximum Gasteiger partial charge on any atom is 0.355 e. The van der Waals surface area contributed by atoms with Crippen molar-refractivity contribution in [3.05, 3.63) is 78.5 Å². The van der Waals surface area contributed by atoms with Crippen molar-refractivity contribution in [3.63, 3.8) is 0 Å². The topological polar surface area (TPSA) is 71.2 Å². The zero-order valence-corrected chi connectivity index (χ0v) is 14.7. The van der Waals surface area contributed by atoms with E-state index in [1.165, 1.54) is 0 Å². The van der Waals surface area contributed by atoms with Gasteiger partial charge in [0.1, 0.15) is 5.69 Å². The Morgan fingerprint density at radius 1 is 0.889 bits per heavy atom. The Balaban J connectivity index is 1.44. The fraction of sp³-hybridized carbons (Fsp3) is 0.0909. The van der Waals surface area contributed by atoms with Crippen molar-refractivity contribution >= 4 is 39.2 Å². The van der Waals surface area contributed by atoms with Crippen LogP contribution in [-0.2, 0) is 9.53 Å². The summed E-state index contributed by atoms with van der Waals surface area (Å²) in [6, 6.07) is 22.8. The number of para-hydroxylation sites is 1. The van der Waals surface area contributed by atoms with Crippen molar-refractivity contribution in [2.45, 2.75) is 13.0 Å². The molecule has 4 rings (SSSR count). The summed E-state index contributed by atoms with van der Waals surface area (Å²) in [5, 5.41) is 5.82. The van der Waals surface area contributed by atoms with Crippen LogP contribution in [0.3, 0.4) is 0 Å². The van der Waals surface area contributed by atoms with Gasteiger partial charge in [-0.1, -0.05) is 48.5 Å². The molecule has 27 heavy (non-hydrogen) atoms. The summed E-state index contributed by atoms with van der Waals surface area (Å²) < 4.78 is 5.31. The first kappa shape index (κ1) is 16.8. The van der Waals surface area contributed by atoms with Crippen LogP contribution in [0.25, 0.3) is 21.7 Å². The molecule has 134 valence electrons. The molecule has 2 N–H and O–H groups in total. The minimum absolute atomic E-state index is 0.321. The molecule has 0 saturated heterocycles. The van der Waals surface area contributed by atoms with E-state index in [0.29, 0.717) is 11.4 Å². The zero-order chi connectivity index (χ0) is 18.8. The molecular formula is C22H18N2O3. The summed E-state index contributed by atoms with van der Waals surface area (Å²) in [4.78, 5) is 27.7. The molecular weight excluding hydrogens is 340 g/mol. The van der Waals surface area contributed by atoms with Gasteiger partial charge in [0.25, 0.3) is 5.91 Å². The Hall–Kier alpha value is -3.60. The lowest BCUT2D eigenvalue weighted by Crippen LogP contribution is -2.30. The number of amides is 1. The number of carbonyl (C=O) groups excluding carboxylic acids is 2. The molecule has 1 amide bonds. The summed E-state index contributed by atoms with van der Waals surface area (Å²) in [6.45, 7) is 1.55.